The van der Waals surface area contributed by atoms with E-state index in [4.69, 9.17) is 14.6 Å². The van der Waals surface area contributed by atoms with Crippen LogP contribution in [0, 0.1) is 5.92 Å². The molecule has 2 aliphatic rings. The predicted molar refractivity (Wildman–Crippen MR) is 56.9 cm³/mol. The smallest absolute Gasteiger partial charge is 0.226 e. The summed E-state index contributed by atoms with van der Waals surface area (Å²) in [5, 5.41) is 9.02. The van der Waals surface area contributed by atoms with Crippen LogP contribution in [0.5, 0.6) is 0 Å². The second kappa shape index (κ2) is 5.61. The first kappa shape index (κ1) is 11.8. The lowest BCUT2D eigenvalue weighted by Crippen LogP contribution is -2.49. The van der Waals surface area contributed by atoms with E-state index in [1.165, 1.54) is 0 Å². The summed E-state index contributed by atoms with van der Waals surface area (Å²) in [6.07, 6.45) is 1.43. The first-order chi connectivity index (χ1) is 7.81. The lowest BCUT2D eigenvalue weighted by atomic mass is 9.98. The van der Waals surface area contributed by atoms with E-state index in [0.29, 0.717) is 32.9 Å². The third-order valence-corrected chi connectivity index (χ3v) is 3.22. The Balaban J connectivity index is 1.87. The fourth-order valence-corrected chi connectivity index (χ4v) is 2.23. The van der Waals surface area contributed by atoms with Crippen molar-refractivity contribution in [2.75, 3.05) is 39.5 Å². The minimum atomic E-state index is -0.211. The Morgan fingerprint density at radius 1 is 1.31 bits per heavy atom. The molecule has 0 spiro atoms. The highest BCUT2D eigenvalue weighted by Crippen LogP contribution is 2.19. The number of carbonyl (C=O) groups is 1. The number of hydrogen-bond acceptors (Lipinski definition) is 4. The minimum Gasteiger partial charge on any atom is -0.394 e. The van der Waals surface area contributed by atoms with Gasteiger partial charge in [0.2, 0.25) is 5.91 Å². The summed E-state index contributed by atoms with van der Waals surface area (Å²) in [5.41, 5.74) is 0. The van der Waals surface area contributed by atoms with Crippen molar-refractivity contribution in [1.29, 1.82) is 0 Å². The van der Waals surface area contributed by atoms with Gasteiger partial charge in [0.15, 0.2) is 0 Å². The van der Waals surface area contributed by atoms with Gasteiger partial charge in [0.1, 0.15) is 0 Å². The molecule has 0 aromatic carbocycles. The Hall–Kier alpha value is -0.650. The first-order valence-corrected chi connectivity index (χ1v) is 5.90. The predicted octanol–water partition coefficient (Wildman–Crippen LogP) is -0.367. The van der Waals surface area contributed by atoms with Gasteiger partial charge in [-0.2, -0.15) is 0 Å². The highest BCUT2D eigenvalue weighted by molar-refractivity contribution is 5.79. The third kappa shape index (κ3) is 2.72. The van der Waals surface area contributed by atoms with Crippen LogP contribution >= 0.6 is 0 Å². The largest absolute Gasteiger partial charge is 0.394 e. The molecule has 0 aliphatic carbocycles. The number of aliphatic hydroxyl groups excluding tert-OH is 1. The van der Waals surface area contributed by atoms with E-state index in [1.54, 1.807) is 0 Å². The van der Waals surface area contributed by atoms with Crippen LogP contribution in [-0.4, -0.2) is 61.5 Å². The Morgan fingerprint density at radius 3 is 2.75 bits per heavy atom. The molecule has 0 saturated carbocycles. The fraction of sp³-hybridized carbons (Fsp3) is 0.909. The first-order valence-electron chi connectivity index (χ1n) is 5.90. The van der Waals surface area contributed by atoms with Crippen LogP contribution in [0.4, 0.5) is 0 Å². The lowest BCUT2D eigenvalue weighted by molar-refractivity contribution is -0.147. The molecule has 5 heteroatoms. The molecule has 92 valence electrons. The van der Waals surface area contributed by atoms with E-state index in [1.807, 2.05) is 4.90 Å². The van der Waals surface area contributed by atoms with E-state index in [9.17, 15) is 4.79 Å². The summed E-state index contributed by atoms with van der Waals surface area (Å²) in [7, 11) is 0. The zero-order chi connectivity index (χ0) is 11.4. The minimum absolute atomic E-state index is 0.0163. The van der Waals surface area contributed by atoms with Crippen molar-refractivity contribution in [2.45, 2.75) is 18.9 Å². The quantitative estimate of drug-likeness (QED) is 0.702. The average Bonchev–Trinajstić information content (AvgIpc) is 2.39. The van der Waals surface area contributed by atoms with Crippen molar-refractivity contribution >= 4 is 5.91 Å². The molecule has 2 fully saturated rings. The maximum Gasteiger partial charge on any atom is 0.226 e. The number of ether oxygens (including phenoxy) is 2. The summed E-state index contributed by atoms with van der Waals surface area (Å²) in [6.45, 7) is 3.05. The van der Waals surface area contributed by atoms with Crippen molar-refractivity contribution in [3.8, 4) is 0 Å². The van der Waals surface area contributed by atoms with Crippen LogP contribution < -0.4 is 0 Å². The molecule has 2 rings (SSSR count). The van der Waals surface area contributed by atoms with Crippen LogP contribution in [0.2, 0.25) is 0 Å². The molecule has 1 amide bonds. The zero-order valence-corrected chi connectivity index (χ0v) is 9.43. The van der Waals surface area contributed by atoms with Crippen LogP contribution in [0.3, 0.4) is 0 Å². The van der Waals surface area contributed by atoms with Gasteiger partial charge in [0.25, 0.3) is 0 Å². The number of carbonyl (C=O) groups excluding carboxylic acids is 1. The second-order valence-electron chi connectivity index (χ2n) is 4.35. The van der Waals surface area contributed by atoms with Gasteiger partial charge in [0, 0.05) is 32.2 Å². The summed E-state index contributed by atoms with van der Waals surface area (Å²) in [5.74, 6) is 0.302. The monoisotopic (exact) mass is 229 g/mol. The topological polar surface area (TPSA) is 59.0 Å². The van der Waals surface area contributed by atoms with Gasteiger partial charge in [-0.1, -0.05) is 0 Å². The standard InChI is InChI=1S/C11H19NO4/c13-8-10-7-12(3-6-16-10)11(14)9-1-4-15-5-2-9/h9-10,13H,1-8H2. The van der Waals surface area contributed by atoms with Crippen LogP contribution in [0.1, 0.15) is 12.8 Å². The number of nitrogens with zero attached hydrogens (tertiary/aromatic N) is 1. The average molecular weight is 229 g/mol. The summed E-state index contributed by atoms with van der Waals surface area (Å²) >= 11 is 0. The molecule has 5 nitrogen and oxygen atoms in total. The summed E-state index contributed by atoms with van der Waals surface area (Å²) in [6, 6.07) is 0. The Morgan fingerprint density at radius 2 is 2.06 bits per heavy atom. The second-order valence-corrected chi connectivity index (χ2v) is 4.35. The third-order valence-electron chi connectivity index (χ3n) is 3.22. The van der Waals surface area contributed by atoms with Gasteiger partial charge in [-0.15, -0.1) is 0 Å². The van der Waals surface area contributed by atoms with Crippen molar-refractivity contribution < 1.29 is 19.4 Å². The lowest BCUT2D eigenvalue weighted by Gasteiger charge is -2.35. The van der Waals surface area contributed by atoms with E-state index in [2.05, 4.69) is 0 Å². The molecular formula is C11H19NO4. The van der Waals surface area contributed by atoms with Crippen molar-refractivity contribution in [3.05, 3.63) is 0 Å². The van der Waals surface area contributed by atoms with Gasteiger partial charge in [-0.3, -0.25) is 4.79 Å². The number of hydrogen-bond donors (Lipinski definition) is 1. The van der Waals surface area contributed by atoms with E-state index in [0.717, 1.165) is 12.8 Å². The highest BCUT2D eigenvalue weighted by Gasteiger charge is 2.29. The maximum atomic E-state index is 12.1. The maximum absolute atomic E-state index is 12.1. The summed E-state index contributed by atoms with van der Waals surface area (Å²) in [4.78, 5) is 14.0. The molecule has 0 aromatic heterocycles. The van der Waals surface area contributed by atoms with Crippen molar-refractivity contribution in [2.24, 2.45) is 5.92 Å². The number of aliphatic hydroxyl groups is 1. The van der Waals surface area contributed by atoms with Gasteiger partial charge < -0.3 is 19.5 Å². The molecule has 1 unspecified atom stereocenters. The molecule has 1 atom stereocenters. The van der Waals surface area contributed by atoms with E-state index in [-0.39, 0.29) is 24.5 Å². The summed E-state index contributed by atoms with van der Waals surface area (Å²) < 4.78 is 10.6. The fourth-order valence-electron chi connectivity index (χ4n) is 2.23. The Labute approximate surface area is 95.3 Å². The molecule has 2 aliphatic heterocycles. The van der Waals surface area contributed by atoms with Gasteiger partial charge in [-0.05, 0) is 12.8 Å². The van der Waals surface area contributed by atoms with E-state index >= 15 is 0 Å². The van der Waals surface area contributed by atoms with Crippen LogP contribution in [-0.2, 0) is 14.3 Å². The van der Waals surface area contributed by atoms with Crippen molar-refractivity contribution in [3.63, 3.8) is 0 Å². The SMILES string of the molecule is O=C(C1CCOCC1)N1CCOC(CO)C1. The molecular weight excluding hydrogens is 210 g/mol. The highest BCUT2D eigenvalue weighted by atomic mass is 16.5. The Kier molecular flexibility index (Phi) is 4.15. The van der Waals surface area contributed by atoms with Crippen LogP contribution in [0.25, 0.3) is 0 Å². The molecule has 0 radical (unpaired) electrons. The number of rotatable bonds is 2. The van der Waals surface area contributed by atoms with Gasteiger partial charge in [0.05, 0.1) is 19.3 Å². The molecule has 2 heterocycles. The molecule has 2 saturated heterocycles. The molecule has 16 heavy (non-hydrogen) atoms. The van der Waals surface area contributed by atoms with Crippen LogP contribution in [0.15, 0.2) is 0 Å². The normalized spacial score (nSPS) is 28.1. The molecule has 0 bridgehead atoms. The zero-order valence-electron chi connectivity index (χ0n) is 9.43. The molecule has 1 N–H and O–H groups in total. The Bertz CT molecular complexity index is 240. The van der Waals surface area contributed by atoms with Gasteiger partial charge >= 0.3 is 0 Å². The molecule has 0 aromatic rings. The van der Waals surface area contributed by atoms with Gasteiger partial charge in [-0.25, -0.2) is 0 Å². The number of amides is 1. The van der Waals surface area contributed by atoms with E-state index < -0.39 is 0 Å². The van der Waals surface area contributed by atoms with Crippen molar-refractivity contribution in [1.82, 2.24) is 4.90 Å². The number of morpholine rings is 1.